The third-order valence-electron chi connectivity index (χ3n) is 5.89. The van der Waals surface area contributed by atoms with Crippen LogP contribution in [0.15, 0.2) is 79.0 Å². The number of halogens is 4. The summed E-state index contributed by atoms with van der Waals surface area (Å²) in [6.45, 7) is -1.09. The van der Waals surface area contributed by atoms with Gasteiger partial charge < -0.3 is 4.74 Å². The van der Waals surface area contributed by atoms with E-state index in [1.807, 2.05) is 43.5 Å². The molecule has 0 atom stereocenters. The van der Waals surface area contributed by atoms with Crippen molar-refractivity contribution in [2.75, 3.05) is 0 Å². The minimum atomic E-state index is -3.09. The number of benzene rings is 3. The molecule has 6 heteroatoms. The molecule has 0 bridgehead atoms. The quantitative estimate of drug-likeness (QED) is 0.179. The van der Waals surface area contributed by atoms with Crippen LogP contribution in [0.5, 0.6) is 5.75 Å². The Bertz CT molecular complexity index is 1330. The van der Waals surface area contributed by atoms with Gasteiger partial charge in [-0.25, -0.2) is 8.78 Å². The Morgan fingerprint density at radius 2 is 1.71 bits per heavy atom. The molecule has 0 aliphatic carbocycles. The van der Waals surface area contributed by atoms with Crippen LogP contribution < -0.4 is 4.74 Å². The predicted octanol–water partition coefficient (Wildman–Crippen LogP) is 8.08. The first-order valence-electron chi connectivity index (χ1n) is 11.5. The molecule has 0 spiro atoms. The largest absolute Gasteiger partial charge is 0.432 e. The van der Waals surface area contributed by atoms with E-state index in [4.69, 9.17) is 0 Å². The lowest BCUT2D eigenvalue weighted by atomic mass is 9.98. The van der Waals surface area contributed by atoms with Crippen LogP contribution >= 0.6 is 0 Å². The van der Waals surface area contributed by atoms with Crippen molar-refractivity contribution in [3.8, 4) is 17.0 Å². The molecule has 1 heterocycles. The maximum absolute atomic E-state index is 15.2. The van der Waals surface area contributed by atoms with Crippen molar-refractivity contribution in [2.45, 2.75) is 39.2 Å². The van der Waals surface area contributed by atoms with E-state index in [0.29, 0.717) is 29.4 Å². The van der Waals surface area contributed by atoms with Crippen molar-refractivity contribution < 1.29 is 22.3 Å². The van der Waals surface area contributed by atoms with E-state index in [0.717, 1.165) is 41.6 Å². The topological polar surface area (TPSA) is 22.1 Å². The van der Waals surface area contributed by atoms with E-state index >= 15 is 4.39 Å². The first-order chi connectivity index (χ1) is 16.9. The number of aryl methyl sites for hydroxylation is 3. The molecule has 2 nitrogen and oxygen atoms in total. The lowest BCUT2D eigenvalue weighted by molar-refractivity contribution is -0.0522. The van der Waals surface area contributed by atoms with Crippen LogP contribution in [0.25, 0.3) is 22.0 Å². The van der Waals surface area contributed by atoms with Gasteiger partial charge in [0.15, 0.2) is 11.6 Å². The molecule has 0 radical (unpaired) electrons. The van der Waals surface area contributed by atoms with Crippen molar-refractivity contribution in [3.63, 3.8) is 0 Å². The molecule has 0 unspecified atom stereocenters. The number of fused-ring (bicyclic) bond motifs is 1. The Balaban J connectivity index is 1.48. The normalized spacial score (nSPS) is 11.6. The summed E-state index contributed by atoms with van der Waals surface area (Å²) in [5, 5.41) is 1.27. The number of pyridine rings is 1. The van der Waals surface area contributed by atoms with Crippen molar-refractivity contribution >= 4 is 10.8 Å². The predicted molar refractivity (Wildman–Crippen MR) is 131 cm³/mol. The van der Waals surface area contributed by atoms with Crippen molar-refractivity contribution in [3.05, 3.63) is 107 Å². The third-order valence-corrected chi connectivity index (χ3v) is 5.89. The standard InChI is InChI=1S/C29H25F4NO/c1-2-3-4-5-20-7-14-26(34-18-20)23-12-13-24-22(17-23)11-10-21(28(24)31)9-6-19-8-15-27(25(30)16-19)35-29(32)33/h2-3,7-8,10-18,29H,4-6,9H2,1H3/b3-2+. The van der Waals surface area contributed by atoms with Gasteiger partial charge in [-0.15, -0.1) is 0 Å². The maximum Gasteiger partial charge on any atom is 0.387 e. The fourth-order valence-electron chi connectivity index (χ4n) is 4.02. The van der Waals surface area contributed by atoms with Gasteiger partial charge in [-0.3, -0.25) is 4.98 Å². The highest BCUT2D eigenvalue weighted by atomic mass is 19.3. The van der Waals surface area contributed by atoms with Gasteiger partial charge >= 0.3 is 6.61 Å². The smallest absolute Gasteiger partial charge is 0.387 e. The molecule has 0 aliphatic rings. The Hall–Kier alpha value is -3.67. The summed E-state index contributed by atoms with van der Waals surface area (Å²) in [6.07, 6.45) is 8.64. The van der Waals surface area contributed by atoms with E-state index in [-0.39, 0.29) is 5.82 Å². The lowest BCUT2D eigenvalue weighted by Crippen LogP contribution is -2.04. The van der Waals surface area contributed by atoms with E-state index in [9.17, 15) is 13.2 Å². The van der Waals surface area contributed by atoms with Gasteiger partial charge in [-0.2, -0.15) is 8.78 Å². The van der Waals surface area contributed by atoms with Gasteiger partial charge in [0, 0.05) is 17.1 Å². The summed E-state index contributed by atoms with van der Waals surface area (Å²) in [7, 11) is 0. The molecule has 0 N–H and O–H groups in total. The number of nitrogens with zero attached hydrogens (tertiary/aromatic N) is 1. The molecule has 0 amide bonds. The van der Waals surface area contributed by atoms with Crippen molar-refractivity contribution in [1.82, 2.24) is 4.98 Å². The Kier molecular flexibility index (Phi) is 7.80. The monoisotopic (exact) mass is 479 g/mol. The number of allylic oxidation sites excluding steroid dienone is 2. The van der Waals surface area contributed by atoms with Gasteiger partial charge in [0.2, 0.25) is 0 Å². The highest BCUT2D eigenvalue weighted by Gasteiger charge is 2.12. The number of aromatic nitrogens is 1. The second kappa shape index (κ2) is 11.2. The molecular weight excluding hydrogens is 454 g/mol. The van der Waals surface area contributed by atoms with Crippen molar-refractivity contribution in [2.24, 2.45) is 0 Å². The molecule has 4 rings (SSSR count). The molecule has 4 aromatic rings. The van der Waals surface area contributed by atoms with E-state index in [2.05, 4.69) is 21.9 Å². The van der Waals surface area contributed by atoms with E-state index in [1.54, 1.807) is 12.1 Å². The number of hydrogen-bond acceptors (Lipinski definition) is 2. The molecule has 3 aromatic carbocycles. The Labute approximate surface area is 201 Å². The number of hydrogen-bond donors (Lipinski definition) is 0. The molecule has 0 aliphatic heterocycles. The second-order valence-corrected chi connectivity index (χ2v) is 8.28. The second-order valence-electron chi connectivity index (χ2n) is 8.28. The average molecular weight is 480 g/mol. The summed E-state index contributed by atoms with van der Waals surface area (Å²) >= 11 is 0. The van der Waals surface area contributed by atoms with Gasteiger partial charge in [-0.1, -0.05) is 48.6 Å². The van der Waals surface area contributed by atoms with Crippen molar-refractivity contribution in [1.29, 1.82) is 0 Å². The van der Waals surface area contributed by atoms with E-state index < -0.39 is 18.2 Å². The van der Waals surface area contributed by atoms with E-state index in [1.165, 1.54) is 11.6 Å². The third kappa shape index (κ3) is 6.07. The fourth-order valence-corrected chi connectivity index (χ4v) is 4.02. The molecular formula is C29H25F4NO. The Morgan fingerprint density at radius 3 is 2.43 bits per heavy atom. The molecule has 180 valence electrons. The van der Waals surface area contributed by atoms with Crippen LogP contribution in [-0.2, 0) is 19.3 Å². The van der Waals surface area contributed by atoms with Crippen LogP contribution in [0.3, 0.4) is 0 Å². The van der Waals surface area contributed by atoms with Gasteiger partial charge in [0.25, 0.3) is 0 Å². The first kappa shape index (κ1) is 24.5. The summed E-state index contributed by atoms with van der Waals surface area (Å²) in [5.41, 5.74) is 3.97. The zero-order valence-corrected chi connectivity index (χ0v) is 19.3. The van der Waals surface area contributed by atoms with Crippen LogP contribution in [0.4, 0.5) is 17.6 Å². The minimum Gasteiger partial charge on any atom is -0.432 e. The van der Waals surface area contributed by atoms with Crippen LogP contribution in [0.1, 0.15) is 30.0 Å². The van der Waals surface area contributed by atoms with Crippen LogP contribution in [0, 0.1) is 11.6 Å². The summed E-state index contributed by atoms with van der Waals surface area (Å²) in [5.74, 6) is -1.69. The van der Waals surface area contributed by atoms with Gasteiger partial charge in [0.1, 0.15) is 5.82 Å². The summed E-state index contributed by atoms with van der Waals surface area (Å²) < 4.78 is 57.9. The fraction of sp³-hybridized carbons (Fsp3) is 0.207. The zero-order valence-electron chi connectivity index (χ0n) is 19.3. The molecule has 35 heavy (non-hydrogen) atoms. The molecule has 1 aromatic heterocycles. The molecule has 0 saturated carbocycles. The zero-order chi connectivity index (χ0) is 24.8. The minimum absolute atomic E-state index is 0.320. The number of rotatable bonds is 9. The SMILES string of the molecule is C/C=C/CCc1ccc(-c2ccc3c(F)c(CCc4ccc(OC(F)F)c(F)c4)ccc3c2)nc1. The highest BCUT2D eigenvalue weighted by molar-refractivity contribution is 5.88. The summed E-state index contributed by atoms with van der Waals surface area (Å²) in [6, 6.07) is 17.0. The Morgan fingerprint density at radius 1 is 0.886 bits per heavy atom. The van der Waals surface area contributed by atoms with Gasteiger partial charge in [0.05, 0.1) is 5.69 Å². The number of alkyl halides is 2. The number of ether oxygens (including phenoxy) is 1. The van der Waals surface area contributed by atoms with Crippen LogP contribution in [0.2, 0.25) is 0 Å². The maximum atomic E-state index is 15.2. The summed E-state index contributed by atoms with van der Waals surface area (Å²) in [4.78, 5) is 4.57. The molecule has 0 fully saturated rings. The molecule has 0 saturated heterocycles. The average Bonchev–Trinajstić information content (AvgIpc) is 2.85. The lowest BCUT2D eigenvalue weighted by Gasteiger charge is -2.10. The van der Waals surface area contributed by atoms with Crippen LogP contribution in [-0.4, -0.2) is 11.6 Å². The highest BCUT2D eigenvalue weighted by Crippen LogP contribution is 2.28. The first-order valence-corrected chi connectivity index (χ1v) is 11.5. The van der Waals surface area contributed by atoms with Gasteiger partial charge in [-0.05, 0) is 78.9 Å².